The van der Waals surface area contributed by atoms with E-state index in [1.165, 1.54) is 12.1 Å². The molecule has 1 aliphatic rings. The van der Waals surface area contributed by atoms with Gasteiger partial charge in [-0.2, -0.15) is 0 Å². The van der Waals surface area contributed by atoms with Crippen LogP contribution in [-0.4, -0.2) is 12.5 Å². The number of hydrogen-bond acceptors (Lipinski definition) is 1. The van der Waals surface area contributed by atoms with Gasteiger partial charge in [0.1, 0.15) is 11.6 Å². The quantitative estimate of drug-likeness (QED) is 0.859. The fourth-order valence-corrected chi connectivity index (χ4v) is 1.86. The van der Waals surface area contributed by atoms with Crippen LogP contribution in [-0.2, 0) is 11.2 Å². The normalized spacial score (nSPS) is 15.4. The Kier molecular flexibility index (Phi) is 3.71. The largest absolute Gasteiger partial charge is 0.356 e. The Labute approximate surface area is 99.0 Å². The van der Waals surface area contributed by atoms with E-state index in [2.05, 4.69) is 5.32 Å². The van der Waals surface area contributed by atoms with Crippen molar-refractivity contribution in [2.24, 2.45) is 5.92 Å². The van der Waals surface area contributed by atoms with Gasteiger partial charge >= 0.3 is 0 Å². The Morgan fingerprint density at radius 1 is 1.35 bits per heavy atom. The van der Waals surface area contributed by atoms with Gasteiger partial charge < -0.3 is 5.32 Å². The van der Waals surface area contributed by atoms with Crippen LogP contribution in [0.15, 0.2) is 18.2 Å². The minimum atomic E-state index is -0.579. The molecular weight excluding hydrogens is 224 g/mol. The van der Waals surface area contributed by atoms with E-state index in [0.29, 0.717) is 18.5 Å². The molecule has 1 saturated carbocycles. The second-order valence-corrected chi connectivity index (χ2v) is 4.40. The Bertz CT molecular complexity index is 416. The Morgan fingerprint density at radius 3 is 2.71 bits per heavy atom. The molecular formula is C13H15F2NO. The van der Waals surface area contributed by atoms with Gasteiger partial charge in [0, 0.05) is 18.5 Å². The third-order valence-electron chi connectivity index (χ3n) is 3.18. The van der Waals surface area contributed by atoms with Gasteiger partial charge in [-0.3, -0.25) is 4.79 Å². The molecule has 1 aliphatic carbocycles. The van der Waals surface area contributed by atoms with Gasteiger partial charge in [0.25, 0.3) is 0 Å². The fraction of sp³-hybridized carbons (Fsp3) is 0.462. The monoisotopic (exact) mass is 239 g/mol. The van der Waals surface area contributed by atoms with Crippen LogP contribution >= 0.6 is 0 Å². The maximum absolute atomic E-state index is 13.3. The van der Waals surface area contributed by atoms with E-state index in [4.69, 9.17) is 0 Å². The molecule has 1 amide bonds. The van der Waals surface area contributed by atoms with Crippen molar-refractivity contribution in [1.29, 1.82) is 0 Å². The average molecular weight is 239 g/mol. The standard InChI is InChI=1S/C13H15F2NO/c14-11-5-4-9(12(15)8-11)6-7-16-13(17)10-2-1-3-10/h4-5,8,10H,1-3,6-7H2,(H,16,17). The molecule has 0 bridgehead atoms. The zero-order valence-corrected chi connectivity index (χ0v) is 9.51. The molecule has 1 aromatic rings. The van der Waals surface area contributed by atoms with E-state index in [1.807, 2.05) is 0 Å². The zero-order chi connectivity index (χ0) is 12.3. The van der Waals surface area contributed by atoms with Crippen LogP contribution < -0.4 is 5.32 Å². The van der Waals surface area contributed by atoms with Gasteiger partial charge in [0.15, 0.2) is 0 Å². The first-order chi connectivity index (χ1) is 8.16. The van der Waals surface area contributed by atoms with E-state index in [1.54, 1.807) is 0 Å². The summed E-state index contributed by atoms with van der Waals surface area (Å²) < 4.78 is 25.9. The summed E-state index contributed by atoms with van der Waals surface area (Å²) in [4.78, 5) is 11.5. The summed E-state index contributed by atoms with van der Waals surface area (Å²) in [5.74, 6) is -0.931. The van der Waals surface area contributed by atoms with Crippen molar-refractivity contribution in [3.8, 4) is 0 Å². The average Bonchev–Trinajstić information content (AvgIpc) is 2.18. The molecule has 0 aromatic heterocycles. The number of carbonyl (C=O) groups is 1. The topological polar surface area (TPSA) is 29.1 Å². The van der Waals surface area contributed by atoms with Crippen molar-refractivity contribution < 1.29 is 13.6 Å². The molecule has 2 nitrogen and oxygen atoms in total. The molecule has 0 heterocycles. The fourth-order valence-electron chi connectivity index (χ4n) is 1.86. The SMILES string of the molecule is O=C(NCCc1ccc(F)cc1F)C1CCC1. The number of carbonyl (C=O) groups excluding carboxylic acids is 1. The second kappa shape index (κ2) is 5.25. The van der Waals surface area contributed by atoms with Crippen LogP contribution in [0.25, 0.3) is 0 Å². The van der Waals surface area contributed by atoms with Crippen LogP contribution in [0.2, 0.25) is 0 Å². The smallest absolute Gasteiger partial charge is 0.223 e. The predicted octanol–water partition coefficient (Wildman–Crippen LogP) is 2.42. The number of halogens is 2. The summed E-state index contributed by atoms with van der Waals surface area (Å²) in [6.45, 7) is 0.401. The lowest BCUT2D eigenvalue weighted by atomic mass is 9.85. The van der Waals surface area contributed by atoms with Crippen LogP contribution in [0.4, 0.5) is 8.78 Å². The molecule has 0 radical (unpaired) electrons. The number of nitrogens with one attached hydrogen (secondary N) is 1. The number of rotatable bonds is 4. The van der Waals surface area contributed by atoms with E-state index in [9.17, 15) is 13.6 Å². The Hall–Kier alpha value is -1.45. The predicted molar refractivity (Wildman–Crippen MR) is 60.4 cm³/mol. The van der Waals surface area contributed by atoms with E-state index < -0.39 is 11.6 Å². The first-order valence-electron chi connectivity index (χ1n) is 5.88. The van der Waals surface area contributed by atoms with Crippen molar-refractivity contribution >= 4 is 5.91 Å². The van der Waals surface area contributed by atoms with Crippen molar-refractivity contribution in [3.05, 3.63) is 35.4 Å². The Morgan fingerprint density at radius 2 is 2.12 bits per heavy atom. The maximum Gasteiger partial charge on any atom is 0.223 e. The maximum atomic E-state index is 13.3. The third kappa shape index (κ3) is 3.02. The van der Waals surface area contributed by atoms with Gasteiger partial charge in [-0.25, -0.2) is 8.78 Å². The second-order valence-electron chi connectivity index (χ2n) is 4.40. The first kappa shape index (κ1) is 12.0. The molecule has 1 fully saturated rings. The lowest BCUT2D eigenvalue weighted by Crippen LogP contribution is -2.35. The molecule has 17 heavy (non-hydrogen) atoms. The van der Waals surface area contributed by atoms with Gasteiger partial charge in [0.2, 0.25) is 5.91 Å². The molecule has 2 rings (SSSR count). The van der Waals surface area contributed by atoms with Crippen molar-refractivity contribution in [2.75, 3.05) is 6.54 Å². The van der Waals surface area contributed by atoms with Gasteiger partial charge in [0.05, 0.1) is 0 Å². The molecule has 1 N–H and O–H groups in total. The molecule has 0 atom stereocenters. The number of amides is 1. The van der Waals surface area contributed by atoms with Crippen LogP contribution in [0, 0.1) is 17.6 Å². The van der Waals surface area contributed by atoms with E-state index >= 15 is 0 Å². The third-order valence-corrected chi connectivity index (χ3v) is 3.18. The van der Waals surface area contributed by atoms with Gasteiger partial charge in [-0.15, -0.1) is 0 Å². The summed E-state index contributed by atoms with van der Waals surface area (Å²) >= 11 is 0. The highest BCUT2D eigenvalue weighted by molar-refractivity contribution is 5.79. The lowest BCUT2D eigenvalue weighted by Gasteiger charge is -2.24. The molecule has 4 heteroatoms. The molecule has 0 saturated heterocycles. The number of benzene rings is 1. The van der Waals surface area contributed by atoms with Crippen LogP contribution in [0.1, 0.15) is 24.8 Å². The highest BCUT2D eigenvalue weighted by atomic mass is 19.1. The molecule has 0 spiro atoms. The molecule has 0 unspecified atom stereocenters. The van der Waals surface area contributed by atoms with E-state index in [-0.39, 0.29) is 11.8 Å². The van der Waals surface area contributed by atoms with Crippen molar-refractivity contribution in [2.45, 2.75) is 25.7 Å². The summed E-state index contributed by atoms with van der Waals surface area (Å²) in [6, 6.07) is 3.51. The minimum Gasteiger partial charge on any atom is -0.356 e. The van der Waals surface area contributed by atoms with Crippen LogP contribution in [0.5, 0.6) is 0 Å². The van der Waals surface area contributed by atoms with Crippen molar-refractivity contribution in [3.63, 3.8) is 0 Å². The van der Waals surface area contributed by atoms with Gasteiger partial charge in [-0.05, 0) is 30.9 Å². The number of hydrogen-bond donors (Lipinski definition) is 1. The summed E-state index contributed by atoms with van der Waals surface area (Å²) in [7, 11) is 0. The molecule has 0 aliphatic heterocycles. The van der Waals surface area contributed by atoms with E-state index in [0.717, 1.165) is 25.3 Å². The zero-order valence-electron chi connectivity index (χ0n) is 9.51. The first-order valence-corrected chi connectivity index (χ1v) is 5.88. The summed E-state index contributed by atoms with van der Waals surface area (Å²) in [5.41, 5.74) is 0.431. The Balaban J connectivity index is 1.79. The molecule has 92 valence electrons. The summed E-state index contributed by atoms with van der Waals surface area (Å²) in [5, 5.41) is 2.78. The molecule has 1 aromatic carbocycles. The van der Waals surface area contributed by atoms with Crippen molar-refractivity contribution in [1.82, 2.24) is 5.32 Å². The lowest BCUT2D eigenvalue weighted by molar-refractivity contribution is -0.127. The summed E-state index contributed by atoms with van der Waals surface area (Å²) in [6.07, 6.45) is 3.42. The highest BCUT2D eigenvalue weighted by Crippen LogP contribution is 2.26. The van der Waals surface area contributed by atoms with Crippen LogP contribution in [0.3, 0.4) is 0 Å². The van der Waals surface area contributed by atoms with Gasteiger partial charge in [-0.1, -0.05) is 12.5 Å². The highest BCUT2D eigenvalue weighted by Gasteiger charge is 2.24. The minimum absolute atomic E-state index is 0.0544.